The van der Waals surface area contributed by atoms with Crippen LogP contribution in [-0.4, -0.2) is 10.9 Å². The van der Waals surface area contributed by atoms with Crippen molar-refractivity contribution in [1.82, 2.24) is 4.98 Å². The van der Waals surface area contributed by atoms with Crippen molar-refractivity contribution in [2.75, 3.05) is 5.32 Å². The van der Waals surface area contributed by atoms with E-state index in [9.17, 15) is 4.79 Å². The van der Waals surface area contributed by atoms with Crippen LogP contribution in [0.4, 0.5) is 5.82 Å². The highest BCUT2D eigenvalue weighted by Gasteiger charge is 2.14. The maximum Gasteiger partial charge on any atom is 0.226 e. The van der Waals surface area contributed by atoms with E-state index in [1.807, 2.05) is 0 Å². The molecule has 0 spiro atoms. The van der Waals surface area contributed by atoms with Crippen molar-refractivity contribution in [2.24, 2.45) is 5.92 Å². The minimum atomic E-state index is -0.0304. The van der Waals surface area contributed by atoms with Crippen molar-refractivity contribution in [3.8, 4) is 0 Å². The second kappa shape index (κ2) is 5.12. The lowest BCUT2D eigenvalue weighted by Gasteiger charge is -2.08. The number of allylic oxidation sites excluding steroid dienone is 2. The Labute approximate surface area is 99.5 Å². The van der Waals surface area contributed by atoms with Crippen LogP contribution in [0.5, 0.6) is 0 Å². The predicted octanol–water partition coefficient (Wildman–Crippen LogP) is 3.03. The lowest BCUT2D eigenvalue weighted by Crippen LogP contribution is -2.15. The largest absolute Gasteiger partial charge is 0.309 e. The summed E-state index contributed by atoms with van der Waals surface area (Å²) in [5, 5.41) is 3.19. The molecule has 0 fully saturated rings. The Morgan fingerprint density at radius 2 is 2.50 bits per heavy atom. The van der Waals surface area contributed by atoms with E-state index in [4.69, 9.17) is 11.6 Å². The first-order valence-corrected chi connectivity index (χ1v) is 5.70. The molecule has 0 radical (unpaired) electrons. The van der Waals surface area contributed by atoms with Crippen LogP contribution < -0.4 is 5.32 Å². The van der Waals surface area contributed by atoms with Crippen molar-refractivity contribution in [3.05, 3.63) is 35.5 Å². The Balaban J connectivity index is 1.92. The smallest absolute Gasteiger partial charge is 0.226 e. The number of rotatable bonds is 3. The SMILES string of the molecule is O=C(CC1C=CCC1)Nc1ncccc1Cl. The summed E-state index contributed by atoms with van der Waals surface area (Å²) >= 11 is 5.89. The Hall–Kier alpha value is -1.35. The fourth-order valence-corrected chi connectivity index (χ4v) is 1.93. The Morgan fingerprint density at radius 1 is 1.62 bits per heavy atom. The third kappa shape index (κ3) is 2.83. The molecule has 0 saturated carbocycles. The first kappa shape index (κ1) is 11.1. The third-order valence-electron chi connectivity index (χ3n) is 2.58. The number of hydrogen-bond acceptors (Lipinski definition) is 2. The van der Waals surface area contributed by atoms with E-state index in [0.717, 1.165) is 12.8 Å². The van der Waals surface area contributed by atoms with Crippen molar-refractivity contribution >= 4 is 23.3 Å². The molecule has 1 atom stereocenters. The zero-order valence-corrected chi connectivity index (χ0v) is 9.57. The molecule has 0 aliphatic heterocycles. The minimum Gasteiger partial charge on any atom is -0.309 e. The van der Waals surface area contributed by atoms with Gasteiger partial charge >= 0.3 is 0 Å². The molecule has 4 heteroatoms. The molecule has 2 rings (SSSR count). The summed E-state index contributed by atoms with van der Waals surface area (Å²) in [6.45, 7) is 0. The Bertz CT molecular complexity index is 417. The average molecular weight is 237 g/mol. The summed E-state index contributed by atoms with van der Waals surface area (Å²) in [5.41, 5.74) is 0. The highest BCUT2D eigenvalue weighted by Crippen LogP contribution is 2.22. The predicted molar refractivity (Wildman–Crippen MR) is 64.4 cm³/mol. The number of hydrogen-bond donors (Lipinski definition) is 1. The van der Waals surface area contributed by atoms with Gasteiger partial charge in [0.25, 0.3) is 0 Å². The van der Waals surface area contributed by atoms with Gasteiger partial charge in [0.05, 0.1) is 5.02 Å². The summed E-state index contributed by atoms with van der Waals surface area (Å²) in [6, 6.07) is 3.44. The number of anilines is 1. The molecule has 3 nitrogen and oxygen atoms in total. The van der Waals surface area contributed by atoms with Crippen LogP contribution in [0.25, 0.3) is 0 Å². The maximum atomic E-state index is 11.7. The molecule has 1 heterocycles. The van der Waals surface area contributed by atoms with Gasteiger partial charge in [-0.05, 0) is 30.9 Å². The van der Waals surface area contributed by atoms with Gasteiger partial charge in [0.1, 0.15) is 0 Å². The average Bonchev–Trinajstić information content (AvgIpc) is 2.74. The lowest BCUT2D eigenvalue weighted by atomic mass is 10.1. The number of carbonyl (C=O) groups is 1. The quantitative estimate of drug-likeness (QED) is 0.820. The van der Waals surface area contributed by atoms with Crippen molar-refractivity contribution in [1.29, 1.82) is 0 Å². The van der Waals surface area contributed by atoms with Gasteiger partial charge in [-0.2, -0.15) is 0 Å². The van der Waals surface area contributed by atoms with Crippen LogP contribution in [0.15, 0.2) is 30.5 Å². The molecule has 1 N–H and O–H groups in total. The van der Waals surface area contributed by atoms with Gasteiger partial charge in [-0.3, -0.25) is 4.79 Å². The normalized spacial score (nSPS) is 18.7. The highest BCUT2D eigenvalue weighted by molar-refractivity contribution is 6.33. The molecule has 84 valence electrons. The second-order valence-corrected chi connectivity index (χ2v) is 4.26. The number of amides is 1. The number of aromatic nitrogens is 1. The summed E-state index contributed by atoms with van der Waals surface area (Å²) in [7, 11) is 0. The number of nitrogens with one attached hydrogen (secondary N) is 1. The molecule has 16 heavy (non-hydrogen) atoms. The van der Waals surface area contributed by atoms with E-state index in [1.165, 1.54) is 0 Å². The molecule has 1 amide bonds. The minimum absolute atomic E-state index is 0.0304. The van der Waals surface area contributed by atoms with Gasteiger partial charge in [-0.1, -0.05) is 23.8 Å². The van der Waals surface area contributed by atoms with Gasteiger partial charge in [0, 0.05) is 12.6 Å². The molecular weight excluding hydrogens is 224 g/mol. The summed E-state index contributed by atoms with van der Waals surface area (Å²) in [5.74, 6) is 0.774. The molecule has 0 aromatic carbocycles. The number of nitrogens with zero attached hydrogens (tertiary/aromatic N) is 1. The van der Waals surface area contributed by atoms with Crippen LogP contribution in [0, 0.1) is 5.92 Å². The molecule has 0 saturated heterocycles. The zero-order chi connectivity index (χ0) is 11.4. The van der Waals surface area contributed by atoms with Gasteiger partial charge in [-0.25, -0.2) is 4.98 Å². The molecule has 1 aromatic rings. The standard InChI is InChI=1S/C12H13ClN2O/c13-10-6-3-7-14-12(10)15-11(16)8-9-4-1-2-5-9/h1,3-4,6-7,9H,2,5,8H2,(H,14,15,16). The van der Waals surface area contributed by atoms with Crippen molar-refractivity contribution < 1.29 is 4.79 Å². The molecule has 0 bridgehead atoms. The van der Waals surface area contributed by atoms with Crippen LogP contribution in [0.1, 0.15) is 19.3 Å². The highest BCUT2D eigenvalue weighted by atomic mass is 35.5. The van der Waals surface area contributed by atoms with E-state index >= 15 is 0 Å². The first-order chi connectivity index (χ1) is 7.75. The van der Waals surface area contributed by atoms with Gasteiger partial charge in [0.15, 0.2) is 5.82 Å². The topological polar surface area (TPSA) is 42.0 Å². The van der Waals surface area contributed by atoms with Crippen LogP contribution in [0.2, 0.25) is 5.02 Å². The molecule has 1 aliphatic rings. The fraction of sp³-hybridized carbons (Fsp3) is 0.333. The van der Waals surface area contributed by atoms with E-state index < -0.39 is 0 Å². The zero-order valence-electron chi connectivity index (χ0n) is 8.82. The fourth-order valence-electron chi connectivity index (χ4n) is 1.76. The number of pyridine rings is 1. The van der Waals surface area contributed by atoms with Crippen molar-refractivity contribution in [3.63, 3.8) is 0 Å². The second-order valence-electron chi connectivity index (χ2n) is 3.85. The number of halogens is 1. The van der Waals surface area contributed by atoms with E-state index in [1.54, 1.807) is 18.3 Å². The van der Waals surface area contributed by atoms with Gasteiger partial charge in [0.2, 0.25) is 5.91 Å². The molecule has 1 aromatic heterocycles. The van der Waals surface area contributed by atoms with Crippen LogP contribution in [-0.2, 0) is 4.79 Å². The van der Waals surface area contributed by atoms with Crippen LogP contribution >= 0.6 is 11.6 Å². The molecule has 1 unspecified atom stereocenters. The van der Waals surface area contributed by atoms with E-state index in [0.29, 0.717) is 23.2 Å². The summed E-state index contributed by atoms with van der Waals surface area (Å²) in [4.78, 5) is 15.7. The monoisotopic (exact) mass is 236 g/mol. The lowest BCUT2D eigenvalue weighted by molar-refractivity contribution is -0.116. The first-order valence-electron chi connectivity index (χ1n) is 5.33. The van der Waals surface area contributed by atoms with Gasteiger partial charge in [-0.15, -0.1) is 0 Å². The number of carbonyl (C=O) groups excluding carboxylic acids is 1. The summed E-state index contributed by atoms with van der Waals surface area (Å²) in [6.07, 6.45) is 8.46. The summed E-state index contributed by atoms with van der Waals surface area (Å²) < 4.78 is 0. The van der Waals surface area contributed by atoms with E-state index in [2.05, 4.69) is 22.5 Å². The molecular formula is C12H13ClN2O. The van der Waals surface area contributed by atoms with Crippen molar-refractivity contribution in [2.45, 2.75) is 19.3 Å². The Kier molecular flexibility index (Phi) is 3.57. The van der Waals surface area contributed by atoms with Crippen LogP contribution in [0.3, 0.4) is 0 Å². The third-order valence-corrected chi connectivity index (χ3v) is 2.88. The van der Waals surface area contributed by atoms with E-state index in [-0.39, 0.29) is 5.91 Å². The molecule has 1 aliphatic carbocycles. The maximum absolute atomic E-state index is 11.7. The van der Waals surface area contributed by atoms with Gasteiger partial charge < -0.3 is 5.32 Å². The Morgan fingerprint density at radius 3 is 3.19 bits per heavy atom.